The SMILES string of the molecule is CC12CCC(C1)C(C)(C)C2NC(=O)C1CCCCC1CN. The molecule has 0 heterocycles. The fraction of sp³-hybridized carbons (Fsp3) is 0.944. The number of fused-ring (bicyclic) bond motifs is 2. The van der Waals surface area contributed by atoms with Gasteiger partial charge >= 0.3 is 0 Å². The molecule has 3 saturated carbocycles. The van der Waals surface area contributed by atoms with E-state index in [1.54, 1.807) is 0 Å². The first kappa shape index (κ1) is 15.3. The van der Waals surface area contributed by atoms with Gasteiger partial charge in [0.2, 0.25) is 5.91 Å². The van der Waals surface area contributed by atoms with Crippen molar-refractivity contribution in [1.82, 2.24) is 5.32 Å². The molecular weight excluding hydrogens is 260 g/mol. The van der Waals surface area contributed by atoms with Gasteiger partial charge in [-0.3, -0.25) is 4.79 Å². The lowest BCUT2D eigenvalue weighted by Crippen LogP contribution is -2.54. The molecule has 0 saturated heterocycles. The molecular formula is C18H32N2O. The molecule has 5 atom stereocenters. The van der Waals surface area contributed by atoms with E-state index in [4.69, 9.17) is 5.73 Å². The van der Waals surface area contributed by atoms with Crippen LogP contribution in [0.5, 0.6) is 0 Å². The molecule has 0 aromatic carbocycles. The van der Waals surface area contributed by atoms with Crippen molar-refractivity contribution in [1.29, 1.82) is 0 Å². The van der Waals surface area contributed by atoms with E-state index in [0.29, 0.717) is 23.9 Å². The molecule has 2 bridgehead atoms. The van der Waals surface area contributed by atoms with Gasteiger partial charge in [0, 0.05) is 12.0 Å². The first-order valence-electron chi connectivity index (χ1n) is 8.89. The zero-order chi connectivity index (χ0) is 15.3. The molecule has 3 fully saturated rings. The average molecular weight is 292 g/mol. The summed E-state index contributed by atoms with van der Waals surface area (Å²) < 4.78 is 0. The highest BCUT2D eigenvalue weighted by molar-refractivity contribution is 5.79. The standard InChI is InChI=1S/C18H32N2O/c1-17(2)13-8-9-18(3,10-13)16(17)20-15(21)14-7-5-4-6-12(14)11-19/h12-14,16H,4-11,19H2,1-3H3,(H,20,21). The molecule has 3 rings (SSSR count). The van der Waals surface area contributed by atoms with Crippen LogP contribution < -0.4 is 11.1 Å². The third-order valence-corrected chi connectivity index (χ3v) is 7.10. The molecule has 3 nitrogen and oxygen atoms in total. The van der Waals surface area contributed by atoms with Gasteiger partial charge in [0.15, 0.2) is 0 Å². The summed E-state index contributed by atoms with van der Waals surface area (Å²) in [7, 11) is 0. The maximum absolute atomic E-state index is 12.9. The molecule has 21 heavy (non-hydrogen) atoms. The van der Waals surface area contributed by atoms with Crippen LogP contribution in [0.1, 0.15) is 65.7 Å². The Morgan fingerprint density at radius 1 is 1.19 bits per heavy atom. The topological polar surface area (TPSA) is 55.1 Å². The first-order chi connectivity index (χ1) is 9.88. The fourth-order valence-corrected chi connectivity index (χ4v) is 5.75. The lowest BCUT2D eigenvalue weighted by Gasteiger charge is -2.44. The van der Waals surface area contributed by atoms with E-state index >= 15 is 0 Å². The molecule has 0 aromatic heterocycles. The van der Waals surface area contributed by atoms with Crippen LogP contribution >= 0.6 is 0 Å². The van der Waals surface area contributed by atoms with Crippen molar-refractivity contribution in [3.63, 3.8) is 0 Å². The van der Waals surface area contributed by atoms with Crippen LogP contribution in [0.15, 0.2) is 0 Å². The normalized spacial score (nSPS) is 44.8. The first-order valence-corrected chi connectivity index (χ1v) is 8.89. The summed E-state index contributed by atoms with van der Waals surface area (Å²) in [4.78, 5) is 12.9. The summed E-state index contributed by atoms with van der Waals surface area (Å²) in [5.41, 5.74) is 6.46. The Kier molecular flexibility index (Phi) is 3.84. The van der Waals surface area contributed by atoms with Gasteiger partial charge in [-0.1, -0.05) is 33.6 Å². The number of carbonyl (C=O) groups excluding carboxylic acids is 1. The summed E-state index contributed by atoms with van der Waals surface area (Å²) in [6.45, 7) is 7.75. The maximum Gasteiger partial charge on any atom is 0.223 e. The highest BCUT2D eigenvalue weighted by Crippen LogP contribution is 2.62. The predicted octanol–water partition coefficient (Wildman–Crippen LogP) is 3.08. The summed E-state index contributed by atoms with van der Waals surface area (Å²) in [5.74, 6) is 1.62. The van der Waals surface area contributed by atoms with E-state index in [0.717, 1.165) is 18.8 Å². The van der Waals surface area contributed by atoms with E-state index in [-0.39, 0.29) is 17.2 Å². The van der Waals surface area contributed by atoms with Gasteiger partial charge in [-0.2, -0.15) is 0 Å². The van der Waals surface area contributed by atoms with Crippen LogP contribution in [0, 0.1) is 28.6 Å². The van der Waals surface area contributed by atoms with Crippen molar-refractivity contribution < 1.29 is 4.79 Å². The summed E-state index contributed by atoms with van der Waals surface area (Å²) in [5, 5.41) is 3.48. The molecule has 0 aliphatic heterocycles. The van der Waals surface area contributed by atoms with Crippen LogP contribution in [-0.2, 0) is 4.79 Å². The largest absolute Gasteiger partial charge is 0.352 e. The monoisotopic (exact) mass is 292 g/mol. The van der Waals surface area contributed by atoms with Crippen molar-refractivity contribution in [2.45, 2.75) is 71.8 Å². The third-order valence-electron chi connectivity index (χ3n) is 7.10. The second-order valence-electron chi connectivity index (χ2n) is 8.74. The van der Waals surface area contributed by atoms with Crippen LogP contribution in [-0.4, -0.2) is 18.5 Å². The Balaban J connectivity index is 1.72. The van der Waals surface area contributed by atoms with Gasteiger partial charge in [0.1, 0.15) is 0 Å². The molecule has 1 amide bonds. The van der Waals surface area contributed by atoms with Crippen molar-refractivity contribution in [2.24, 2.45) is 34.3 Å². The van der Waals surface area contributed by atoms with E-state index in [1.807, 2.05) is 0 Å². The number of rotatable bonds is 3. The molecule has 0 spiro atoms. The van der Waals surface area contributed by atoms with E-state index in [9.17, 15) is 4.79 Å². The Hall–Kier alpha value is -0.570. The minimum atomic E-state index is 0.155. The minimum absolute atomic E-state index is 0.155. The Morgan fingerprint density at radius 3 is 2.52 bits per heavy atom. The predicted molar refractivity (Wildman–Crippen MR) is 85.7 cm³/mol. The van der Waals surface area contributed by atoms with Gasteiger partial charge in [-0.15, -0.1) is 0 Å². The molecule has 0 radical (unpaired) electrons. The van der Waals surface area contributed by atoms with E-state index in [2.05, 4.69) is 26.1 Å². The highest BCUT2D eigenvalue weighted by Gasteiger charge is 2.59. The summed E-state index contributed by atoms with van der Waals surface area (Å²) in [6.07, 6.45) is 8.48. The molecule has 0 aromatic rings. The van der Waals surface area contributed by atoms with Crippen LogP contribution in [0.4, 0.5) is 0 Å². The lowest BCUT2D eigenvalue weighted by molar-refractivity contribution is -0.130. The van der Waals surface area contributed by atoms with Crippen molar-refractivity contribution in [2.75, 3.05) is 6.54 Å². The van der Waals surface area contributed by atoms with Crippen molar-refractivity contribution >= 4 is 5.91 Å². The number of nitrogens with one attached hydrogen (secondary N) is 1. The Morgan fingerprint density at radius 2 is 1.90 bits per heavy atom. The van der Waals surface area contributed by atoms with E-state index < -0.39 is 0 Å². The minimum Gasteiger partial charge on any atom is -0.352 e. The van der Waals surface area contributed by atoms with Gasteiger partial charge in [0.05, 0.1) is 0 Å². The van der Waals surface area contributed by atoms with Crippen LogP contribution in [0.25, 0.3) is 0 Å². The van der Waals surface area contributed by atoms with Gasteiger partial charge in [0.25, 0.3) is 0 Å². The number of hydrogen-bond acceptors (Lipinski definition) is 2. The maximum atomic E-state index is 12.9. The van der Waals surface area contributed by atoms with Gasteiger partial charge < -0.3 is 11.1 Å². The van der Waals surface area contributed by atoms with Gasteiger partial charge in [-0.25, -0.2) is 0 Å². The third kappa shape index (κ3) is 2.42. The summed E-state index contributed by atoms with van der Waals surface area (Å²) >= 11 is 0. The fourth-order valence-electron chi connectivity index (χ4n) is 5.75. The average Bonchev–Trinajstić information content (AvgIpc) is 2.94. The zero-order valence-electron chi connectivity index (χ0n) is 14.0. The molecule has 5 unspecified atom stereocenters. The smallest absolute Gasteiger partial charge is 0.223 e. The molecule has 3 heteroatoms. The number of hydrogen-bond donors (Lipinski definition) is 2. The van der Waals surface area contributed by atoms with Crippen LogP contribution in [0.3, 0.4) is 0 Å². The second-order valence-corrected chi connectivity index (χ2v) is 8.74. The number of nitrogens with two attached hydrogens (primary N) is 1. The quantitative estimate of drug-likeness (QED) is 0.840. The second kappa shape index (κ2) is 5.26. The zero-order valence-corrected chi connectivity index (χ0v) is 14.0. The number of carbonyl (C=O) groups is 1. The van der Waals surface area contributed by atoms with Crippen molar-refractivity contribution in [3.8, 4) is 0 Å². The van der Waals surface area contributed by atoms with Crippen LogP contribution in [0.2, 0.25) is 0 Å². The van der Waals surface area contributed by atoms with E-state index in [1.165, 1.54) is 32.1 Å². The Labute approximate surface area is 129 Å². The Bertz CT molecular complexity index is 415. The van der Waals surface area contributed by atoms with Crippen molar-refractivity contribution in [3.05, 3.63) is 0 Å². The highest BCUT2D eigenvalue weighted by atomic mass is 16.2. The number of amides is 1. The summed E-state index contributed by atoms with van der Waals surface area (Å²) in [6, 6.07) is 0.344. The molecule has 120 valence electrons. The molecule has 3 N–H and O–H groups in total. The van der Waals surface area contributed by atoms with Gasteiger partial charge in [-0.05, 0) is 61.3 Å². The molecule has 3 aliphatic rings. The molecule has 3 aliphatic carbocycles. The lowest BCUT2D eigenvalue weighted by atomic mass is 9.68.